The molecule has 0 spiro atoms. The van der Waals surface area contributed by atoms with Crippen molar-refractivity contribution in [1.82, 2.24) is 4.98 Å². The number of hydrogen-bond donors (Lipinski definition) is 0. The number of hydrogen-bond acceptors (Lipinski definition) is 3. The molecule has 0 bridgehead atoms. The van der Waals surface area contributed by atoms with E-state index in [1.54, 1.807) is 18.9 Å². The lowest BCUT2D eigenvalue weighted by Crippen LogP contribution is -1.99. The van der Waals surface area contributed by atoms with Crippen LogP contribution in [0.15, 0.2) is 18.2 Å². The summed E-state index contributed by atoms with van der Waals surface area (Å²) in [5, 5.41) is 0.463. The SMILES string of the molecule is COc1cccc(CSC(C)CCl)n1. The third kappa shape index (κ3) is 3.76. The highest BCUT2D eigenvalue weighted by Gasteiger charge is 2.02. The van der Waals surface area contributed by atoms with Gasteiger partial charge in [0.1, 0.15) is 0 Å². The molecule has 1 rings (SSSR count). The number of ether oxygens (including phenoxy) is 1. The molecule has 0 aromatic carbocycles. The topological polar surface area (TPSA) is 22.1 Å². The Balaban J connectivity index is 2.50. The van der Waals surface area contributed by atoms with Crippen LogP contribution in [0.5, 0.6) is 5.88 Å². The van der Waals surface area contributed by atoms with Gasteiger partial charge in [-0.15, -0.1) is 11.6 Å². The van der Waals surface area contributed by atoms with Crippen molar-refractivity contribution >= 4 is 23.4 Å². The molecule has 2 nitrogen and oxygen atoms in total. The second-order valence-corrected chi connectivity index (χ2v) is 4.68. The summed E-state index contributed by atoms with van der Waals surface area (Å²) in [6, 6.07) is 5.79. The number of methoxy groups -OCH3 is 1. The molecule has 0 amide bonds. The highest BCUT2D eigenvalue weighted by Crippen LogP contribution is 2.18. The lowest BCUT2D eigenvalue weighted by atomic mass is 10.4. The molecule has 0 aliphatic rings. The van der Waals surface area contributed by atoms with Crippen LogP contribution in [0.25, 0.3) is 0 Å². The van der Waals surface area contributed by atoms with E-state index in [2.05, 4.69) is 11.9 Å². The fraction of sp³-hybridized carbons (Fsp3) is 0.500. The zero-order chi connectivity index (χ0) is 10.4. The molecule has 0 saturated heterocycles. The minimum absolute atomic E-state index is 0.463. The number of alkyl halides is 1. The van der Waals surface area contributed by atoms with E-state index in [0.29, 0.717) is 17.0 Å². The third-order valence-corrected chi connectivity index (χ3v) is 3.57. The Morgan fingerprint density at radius 2 is 2.36 bits per heavy atom. The van der Waals surface area contributed by atoms with Crippen molar-refractivity contribution in [2.24, 2.45) is 0 Å². The number of rotatable bonds is 5. The number of pyridine rings is 1. The molecule has 0 radical (unpaired) electrons. The lowest BCUT2D eigenvalue weighted by Gasteiger charge is -2.07. The number of nitrogens with zero attached hydrogens (tertiary/aromatic N) is 1. The molecule has 1 heterocycles. The van der Waals surface area contributed by atoms with Gasteiger partial charge in [-0.3, -0.25) is 0 Å². The molecule has 0 N–H and O–H groups in total. The maximum absolute atomic E-state index is 5.71. The van der Waals surface area contributed by atoms with Crippen molar-refractivity contribution in [3.8, 4) is 5.88 Å². The monoisotopic (exact) mass is 231 g/mol. The molecule has 4 heteroatoms. The van der Waals surface area contributed by atoms with E-state index in [0.717, 1.165) is 11.4 Å². The summed E-state index contributed by atoms with van der Waals surface area (Å²) >= 11 is 7.51. The number of halogens is 1. The van der Waals surface area contributed by atoms with Gasteiger partial charge in [-0.2, -0.15) is 11.8 Å². The minimum Gasteiger partial charge on any atom is -0.481 e. The summed E-state index contributed by atoms with van der Waals surface area (Å²) in [4.78, 5) is 4.31. The van der Waals surface area contributed by atoms with Gasteiger partial charge in [-0.05, 0) is 6.07 Å². The van der Waals surface area contributed by atoms with Crippen molar-refractivity contribution in [2.45, 2.75) is 17.9 Å². The average Bonchev–Trinajstić information content (AvgIpc) is 2.26. The van der Waals surface area contributed by atoms with E-state index in [-0.39, 0.29) is 0 Å². The first-order valence-electron chi connectivity index (χ1n) is 4.43. The van der Waals surface area contributed by atoms with Crippen LogP contribution in [0.3, 0.4) is 0 Å². The summed E-state index contributed by atoms with van der Waals surface area (Å²) in [5.74, 6) is 2.22. The van der Waals surface area contributed by atoms with E-state index < -0.39 is 0 Å². The van der Waals surface area contributed by atoms with Gasteiger partial charge in [0, 0.05) is 22.9 Å². The Hall–Kier alpha value is -0.410. The van der Waals surface area contributed by atoms with Crippen molar-refractivity contribution in [3.05, 3.63) is 23.9 Å². The van der Waals surface area contributed by atoms with Crippen LogP contribution in [-0.4, -0.2) is 23.2 Å². The van der Waals surface area contributed by atoms with Crippen LogP contribution in [0.1, 0.15) is 12.6 Å². The average molecular weight is 232 g/mol. The molecule has 1 aromatic rings. The van der Waals surface area contributed by atoms with E-state index in [9.17, 15) is 0 Å². The molecule has 78 valence electrons. The summed E-state index contributed by atoms with van der Waals surface area (Å²) in [7, 11) is 1.63. The lowest BCUT2D eigenvalue weighted by molar-refractivity contribution is 0.397. The highest BCUT2D eigenvalue weighted by molar-refractivity contribution is 7.99. The first-order valence-corrected chi connectivity index (χ1v) is 6.02. The maximum atomic E-state index is 5.71. The second kappa shape index (κ2) is 6.14. The molecule has 0 saturated carbocycles. The largest absolute Gasteiger partial charge is 0.481 e. The molecule has 1 unspecified atom stereocenters. The van der Waals surface area contributed by atoms with Crippen LogP contribution >= 0.6 is 23.4 Å². The standard InChI is InChI=1S/C10H14ClNOS/c1-8(6-11)14-7-9-4-3-5-10(12-9)13-2/h3-5,8H,6-7H2,1-2H3. The van der Waals surface area contributed by atoms with E-state index in [1.807, 2.05) is 18.2 Å². The van der Waals surface area contributed by atoms with Crippen LogP contribution < -0.4 is 4.74 Å². The zero-order valence-electron chi connectivity index (χ0n) is 8.37. The van der Waals surface area contributed by atoms with Crippen molar-refractivity contribution in [2.75, 3.05) is 13.0 Å². The van der Waals surface area contributed by atoms with Crippen LogP contribution in [0.4, 0.5) is 0 Å². The summed E-state index contributed by atoms with van der Waals surface area (Å²) in [6.45, 7) is 2.11. The maximum Gasteiger partial charge on any atom is 0.213 e. The smallest absolute Gasteiger partial charge is 0.213 e. The fourth-order valence-corrected chi connectivity index (χ4v) is 1.90. The van der Waals surface area contributed by atoms with Gasteiger partial charge in [0.15, 0.2) is 0 Å². The second-order valence-electron chi connectivity index (χ2n) is 2.95. The van der Waals surface area contributed by atoms with Gasteiger partial charge in [0.2, 0.25) is 5.88 Å². The van der Waals surface area contributed by atoms with E-state index >= 15 is 0 Å². The summed E-state index contributed by atoms with van der Waals surface area (Å²) in [5.41, 5.74) is 1.03. The third-order valence-electron chi connectivity index (χ3n) is 1.72. The number of thioether (sulfide) groups is 1. The van der Waals surface area contributed by atoms with Crippen LogP contribution in [0.2, 0.25) is 0 Å². The Morgan fingerprint density at radius 3 is 3.00 bits per heavy atom. The fourth-order valence-electron chi connectivity index (χ4n) is 0.924. The van der Waals surface area contributed by atoms with E-state index in [1.165, 1.54) is 0 Å². The molecule has 1 atom stereocenters. The first-order chi connectivity index (χ1) is 6.76. The molecule has 0 aliphatic carbocycles. The predicted octanol–water partition coefficient (Wildman–Crippen LogP) is 2.95. The summed E-state index contributed by atoms with van der Waals surface area (Å²) < 4.78 is 5.04. The molecule has 14 heavy (non-hydrogen) atoms. The predicted molar refractivity (Wildman–Crippen MR) is 62.3 cm³/mol. The Bertz CT molecular complexity index is 283. The molecular weight excluding hydrogens is 218 g/mol. The van der Waals surface area contributed by atoms with Crippen LogP contribution in [-0.2, 0) is 5.75 Å². The Labute approximate surface area is 94.0 Å². The van der Waals surface area contributed by atoms with Gasteiger partial charge >= 0.3 is 0 Å². The van der Waals surface area contributed by atoms with Gasteiger partial charge in [0.25, 0.3) is 0 Å². The Morgan fingerprint density at radius 1 is 1.57 bits per heavy atom. The van der Waals surface area contributed by atoms with Gasteiger partial charge in [0.05, 0.1) is 12.8 Å². The minimum atomic E-state index is 0.463. The van der Waals surface area contributed by atoms with Crippen molar-refractivity contribution in [3.63, 3.8) is 0 Å². The molecule has 0 fully saturated rings. The molecule has 0 aliphatic heterocycles. The van der Waals surface area contributed by atoms with Gasteiger partial charge < -0.3 is 4.74 Å². The van der Waals surface area contributed by atoms with Crippen LogP contribution in [0, 0.1) is 0 Å². The van der Waals surface area contributed by atoms with Gasteiger partial charge in [-0.1, -0.05) is 13.0 Å². The normalized spacial score (nSPS) is 12.5. The van der Waals surface area contributed by atoms with Gasteiger partial charge in [-0.25, -0.2) is 4.98 Å². The highest BCUT2D eigenvalue weighted by atomic mass is 35.5. The molecular formula is C10H14ClNOS. The zero-order valence-corrected chi connectivity index (χ0v) is 9.94. The van der Waals surface area contributed by atoms with Crippen molar-refractivity contribution < 1.29 is 4.74 Å². The number of aromatic nitrogens is 1. The summed E-state index contributed by atoms with van der Waals surface area (Å²) in [6.07, 6.45) is 0. The first kappa shape index (κ1) is 11.7. The molecule has 1 aromatic heterocycles. The Kier molecular flexibility index (Phi) is 5.12. The van der Waals surface area contributed by atoms with E-state index in [4.69, 9.17) is 16.3 Å². The quantitative estimate of drug-likeness (QED) is 0.728. The van der Waals surface area contributed by atoms with Crippen molar-refractivity contribution in [1.29, 1.82) is 0 Å².